The number of benzene rings is 1. The number of aromatic amines is 1. The molecule has 1 heterocycles. The van der Waals surface area contributed by atoms with Crippen molar-refractivity contribution in [3.63, 3.8) is 0 Å². The van der Waals surface area contributed by atoms with Gasteiger partial charge < -0.3 is 14.6 Å². The number of imidazole rings is 1. The van der Waals surface area contributed by atoms with Gasteiger partial charge in [0.15, 0.2) is 0 Å². The normalized spacial score (nSPS) is 11.8. The molecular weight excluding hydrogens is 350 g/mol. The Labute approximate surface area is 170 Å². The van der Waals surface area contributed by atoms with E-state index in [1.165, 1.54) is 11.1 Å². The SMILES string of the molecule is CCN(CC)Cc1cc(CN(CCN(C)C)Cc2nc[nH]c2C)ccc1OC. The molecule has 6 heteroatoms. The zero-order valence-corrected chi connectivity index (χ0v) is 18.5. The van der Waals surface area contributed by atoms with Crippen molar-refractivity contribution in [3.8, 4) is 5.75 Å². The van der Waals surface area contributed by atoms with Gasteiger partial charge in [-0.1, -0.05) is 19.9 Å². The van der Waals surface area contributed by atoms with Crippen LogP contribution in [0.15, 0.2) is 24.5 Å². The Balaban J connectivity index is 2.18. The predicted molar refractivity (Wildman–Crippen MR) is 116 cm³/mol. The third-order valence-corrected chi connectivity index (χ3v) is 5.21. The van der Waals surface area contributed by atoms with E-state index in [9.17, 15) is 0 Å². The van der Waals surface area contributed by atoms with E-state index < -0.39 is 0 Å². The fraction of sp³-hybridized carbons (Fsp3) is 0.591. The third kappa shape index (κ3) is 6.62. The lowest BCUT2D eigenvalue weighted by Gasteiger charge is -2.25. The molecule has 156 valence electrons. The number of likely N-dealkylation sites (N-methyl/N-ethyl adjacent to an activating group) is 1. The maximum absolute atomic E-state index is 5.61. The first-order chi connectivity index (χ1) is 13.5. The van der Waals surface area contributed by atoms with Crippen molar-refractivity contribution in [1.82, 2.24) is 24.7 Å². The van der Waals surface area contributed by atoms with Crippen LogP contribution in [-0.4, -0.2) is 72.1 Å². The molecule has 0 spiro atoms. The first-order valence-electron chi connectivity index (χ1n) is 10.2. The highest BCUT2D eigenvalue weighted by Gasteiger charge is 2.13. The van der Waals surface area contributed by atoms with Gasteiger partial charge in [-0.15, -0.1) is 0 Å². The molecule has 28 heavy (non-hydrogen) atoms. The van der Waals surface area contributed by atoms with E-state index >= 15 is 0 Å². The number of hydrogen-bond acceptors (Lipinski definition) is 5. The van der Waals surface area contributed by atoms with Crippen LogP contribution in [0.1, 0.15) is 36.4 Å². The molecule has 0 saturated heterocycles. The van der Waals surface area contributed by atoms with Crippen molar-refractivity contribution in [1.29, 1.82) is 0 Å². The van der Waals surface area contributed by atoms with Crippen LogP contribution in [0.4, 0.5) is 0 Å². The molecule has 0 atom stereocenters. The minimum atomic E-state index is 0.848. The minimum Gasteiger partial charge on any atom is -0.496 e. The smallest absolute Gasteiger partial charge is 0.123 e. The van der Waals surface area contributed by atoms with E-state index in [0.29, 0.717) is 0 Å². The Bertz CT molecular complexity index is 709. The van der Waals surface area contributed by atoms with Gasteiger partial charge in [-0.2, -0.15) is 0 Å². The molecule has 0 amide bonds. The van der Waals surface area contributed by atoms with Crippen LogP contribution in [-0.2, 0) is 19.6 Å². The average molecular weight is 388 g/mol. The van der Waals surface area contributed by atoms with Crippen molar-refractivity contribution in [2.24, 2.45) is 0 Å². The maximum atomic E-state index is 5.61. The Hall–Kier alpha value is -1.89. The summed E-state index contributed by atoms with van der Waals surface area (Å²) >= 11 is 0. The van der Waals surface area contributed by atoms with Crippen molar-refractivity contribution in [2.45, 2.75) is 40.4 Å². The molecule has 0 aliphatic heterocycles. The van der Waals surface area contributed by atoms with E-state index in [4.69, 9.17) is 4.74 Å². The van der Waals surface area contributed by atoms with Gasteiger partial charge in [0.1, 0.15) is 5.75 Å². The second-order valence-electron chi connectivity index (χ2n) is 7.60. The average Bonchev–Trinajstić information content (AvgIpc) is 3.08. The van der Waals surface area contributed by atoms with Crippen LogP contribution in [0.5, 0.6) is 5.75 Å². The molecule has 0 fully saturated rings. The van der Waals surface area contributed by atoms with Crippen LogP contribution in [0.25, 0.3) is 0 Å². The van der Waals surface area contributed by atoms with Crippen LogP contribution in [0, 0.1) is 6.92 Å². The van der Waals surface area contributed by atoms with Gasteiger partial charge in [-0.25, -0.2) is 4.98 Å². The number of rotatable bonds is 12. The summed E-state index contributed by atoms with van der Waals surface area (Å²) in [6.45, 7) is 13.2. The molecule has 2 aromatic rings. The van der Waals surface area contributed by atoms with E-state index in [0.717, 1.165) is 63.0 Å². The van der Waals surface area contributed by atoms with Gasteiger partial charge in [-0.05, 0) is 51.8 Å². The highest BCUT2D eigenvalue weighted by molar-refractivity contribution is 5.37. The number of aryl methyl sites for hydroxylation is 1. The molecule has 0 radical (unpaired) electrons. The van der Waals surface area contributed by atoms with E-state index in [1.54, 1.807) is 13.4 Å². The van der Waals surface area contributed by atoms with E-state index in [1.807, 2.05) is 0 Å². The number of aromatic nitrogens is 2. The summed E-state index contributed by atoms with van der Waals surface area (Å²) in [5, 5.41) is 0. The number of nitrogens with one attached hydrogen (secondary N) is 1. The lowest BCUT2D eigenvalue weighted by atomic mass is 10.1. The van der Waals surface area contributed by atoms with Crippen LogP contribution < -0.4 is 4.74 Å². The predicted octanol–water partition coefficient (Wildman–Crippen LogP) is 3.13. The second kappa shape index (κ2) is 11.2. The molecule has 0 aliphatic rings. The van der Waals surface area contributed by atoms with Gasteiger partial charge in [0.05, 0.1) is 19.1 Å². The molecule has 0 aliphatic carbocycles. The lowest BCUT2D eigenvalue weighted by molar-refractivity contribution is 0.223. The largest absolute Gasteiger partial charge is 0.496 e. The van der Waals surface area contributed by atoms with Gasteiger partial charge in [0.25, 0.3) is 0 Å². The standard InChI is InChI=1S/C22H37N5O/c1-7-26(8-2)15-20-13-19(9-10-22(20)28-6)14-27(12-11-25(4)5)16-21-18(3)23-17-24-21/h9-10,13,17H,7-8,11-12,14-16H2,1-6H3,(H,23,24). The number of methoxy groups -OCH3 is 1. The first kappa shape index (κ1) is 22.4. The number of nitrogens with zero attached hydrogens (tertiary/aromatic N) is 4. The highest BCUT2D eigenvalue weighted by atomic mass is 16.5. The zero-order valence-electron chi connectivity index (χ0n) is 18.5. The fourth-order valence-corrected chi connectivity index (χ4v) is 3.31. The maximum Gasteiger partial charge on any atom is 0.123 e. The lowest BCUT2D eigenvalue weighted by Crippen LogP contribution is -2.31. The van der Waals surface area contributed by atoms with Crippen molar-refractivity contribution < 1.29 is 4.74 Å². The molecular formula is C22H37N5O. The molecule has 2 rings (SSSR count). The second-order valence-corrected chi connectivity index (χ2v) is 7.60. The summed E-state index contributed by atoms with van der Waals surface area (Å²) < 4.78 is 5.61. The Morgan fingerprint density at radius 1 is 1.00 bits per heavy atom. The van der Waals surface area contributed by atoms with Crippen molar-refractivity contribution >= 4 is 0 Å². The van der Waals surface area contributed by atoms with Gasteiger partial charge in [0, 0.05) is 44.0 Å². The summed E-state index contributed by atoms with van der Waals surface area (Å²) in [4.78, 5) is 14.8. The molecule has 0 unspecified atom stereocenters. The quantitative estimate of drug-likeness (QED) is 0.606. The van der Waals surface area contributed by atoms with E-state index in [2.05, 4.69) is 77.7 Å². The summed E-state index contributed by atoms with van der Waals surface area (Å²) in [7, 11) is 5.99. The van der Waals surface area contributed by atoms with Crippen LogP contribution in [0.2, 0.25) is 0 Å². The Morgan fingerprint density at radius 3 is 2.32 bits per heavy atom. The van der Waals surface area contributed by atoms with Gasteiger partial charge in [-0.3, -0.25) is 9.80 Å². The summed E-state index contributed by atoms with van der Waals surface area (Å²) in [6, 6.07) is 6.60. The van der Waals surface area contributed by atoms with Crippen molar-refractivity contribution in [2.75, 3.05) is 47.4 Å². The van der Waals surface area contributed by atoms with E-state index in [-0.39, 0.29) is 0 Å². The summed E-state index contributed by atoms with van der Waals surface area (Å²) in [5.74, 6) is 0.971. The Kier molecular flexibility index (Phi) is 8.96. The van der Waals surface area contributed by atoms with Crippen LogP contribution in [0.3, 0.4) is 0 Å². The van der Waals surface area contributed by atoms with Gasteiger partial charge in [0.2, 0.25) is 0 Å². The fourth-order valence-electron chi connectivity index (χ4n) is 3.31. The molecule has 6 nitrogen and oxygen atoms in total. The minimum absolute atomic E-state index is 0.848. The topological polar surface area (TPSA) is 47.6 Å². The first-order valence-corrected chi connectivity index (χ1v) is 10.2. The van der Waals surface area contributed by atoms with Crippen molar-refractivity contribution in [3.05, 3.63) is 47.0 Å². The molecule has 1 aromatic carbocycles. The Morgan fingerprint density at radius 2 is 1.75 bits per heavy atom. The number of H-pyrrole nitrogens is 1. The van der Waals surface area contributed by atoms with Gasteiger partial charge >= 0.3 is 0 Å². The summed E-state index contributed by atoms with van der Waals surface area (Å²) in [5.41, 5.74) is 4.84. The molecule has 0 saturated carbocycles. The monoisotopic (exact) mass is 387 g/mol. The molecule has 1 aromatic heterocycles. The number of hydrogen-bond donors (Lipinski definition) is 1. The highest BCUT2D eigenvalue weighted by Crippen LogP contribution is 2.23. The van der Waals surface area contributed by atoms with Crippen LogP contribution >= 0.6 is 0 Å². The third-order valence-electron chi connectivity index (χ3n) is 5.21. The summed E-state index contributed by atoms with van der Waals surface area (Å²) in [6.07, 6.45) is 1.78. The number of ether oxygens (including phenoxy) is 1. The zero-order chi connectivity index (χ0) is 20.5. The molecule has 0 bridgehead atoms. The molecule has 1 N–H and O–H groups in total.